The van der Waals surface area contributed by atoms with E-state index in [4.69, 9.17) is 15.7 Å². The second kappa shape index (κ2) is 7.95. The van der Waals surface area contributed by atoms with E-state index in [9.17, 15) is 4.79 Å². The Hall–Kier alpha value is -2.54. The van der Waals surface area contributed by atoms with E-state index < -0.39 is 0 Å². The summed E-state index contributed by atoms with van der Waals surface area (Å²) in [7, 11) is 0. The molecule has 5 rings (SSSR count). The van der Waals surface area contributed by atoms with E-state index >= 15 is 0 Å². The number of nitrogens with zero attached hydrogens (tertiary/aromatic N) is 3. The lowest BCUT2D eigenvalue weighted by Gasteiger charge is -2.35. The molecule has 1 atom stereocenters. The molecule has 2 aromatic rings. The van der Waals surface area contributed by atoms with Crippen molar-refractivity contribution in [3.05, 3.63) is 46.7 Å². The fourth-order valence-corrected chi connectivity index (χ4v) is 5.24. The number of anilines is 3. The van der Waals surface area contributed by atoms with Crippen LogP contribution in [0.25, 0.3) is 0 Å². The van der Waals surface area contributed by atoms with Crippen LogP contribution >= 0.6 is 11.8 Å². The molecule has 1 aliphatic carbocycles. The molecule has 30 heavy (non-hydrogen) atoms. The summed E-state index contributed by atoms with van der Waals surface area (Å²) in [6.07, 6.45) is 7.95. The molecule has 0 saturated carbocycles. The predicted octanol–water partition coefficient (Wildman–Crippen LogP) is 4.34. The SMILES string of the molecule is CSc1ccc(C2C3=C(CCCC3=O)Nc3nc(N4CCCCC4)nc(N)c32)cc1. The van der Waals surface area contributed by atoms with Gasteiger partial charge in [-0.15, -0.1) is 11.8 Å². The largest absolute Gasteiger partial charge is 0.383 e. The maximum Gasteiger partial charge on any atom is 0.229 e. The number of allylic oxidation sites excluding steroid dienone is 2. The summed E-state index contributed by atoms with van der Waals surface area (Å²) in [5, 5.41) is 3.47. The van der Waals surface area contributed by atoms with E-state index in [0.29, 0.717) is 18.2 Å². The van der Waals surface area contributed by atoms with Gasteiger partial charge in [-0.05, 0) is 56.1 Å². The van der Waals surface area contributed by atoms with Gasteiger partial charge in [0.1, 0.15) is 11.6 Å². The molecule has 1 fully saturated rings. The first-order valence-corrected chi connectivity index (χ1v) is 12.0. The van der Waals surface area contributed by atoms with E-state index in [0.717, 1.165) is 67.0 Å². The molecule has 1 saturated heterocycles. The number of ketones is 1. The summed E-state index contributed by atoms with van der Waals surface area (Å²) in [5.74, 6) is 1.91. The van der Waals surface area contributed by atoms with Crippen molar-refractivity contribution in [2.24, 2.45) is 0 Å². The lowest BCUT2D eigenvalue weighted by Crippen LogP contribution is -2.33. The van der Waals surface area contributed by atoms with Gasteiger partial charge in [0.05, 0.1) is 0 Å². The van der Waals surface area contributed by atoms with Gasteiger partial charge in [-0.3, -0.25) is 4.79 Å². The normalized spacial score (nSPS) is 21.2. The molecular weight excluding hydrogens is 394 g/mol. The Morgan fingerprint density at radius 3 is 2.57 bits per heavy atom. The number of Topliss-reactive ketones (excluding diaryl/α,β-unsaturated/α-hetero) is 1. The van der Waals surface area contributed by atoms with E-state index in [2.05, 4.69) is 40.7 Å². The predicted molar refractivity (Wildman–Crippen MR) is 122 cm³/mol. The molecule has 3 N–H and O–H groups in total. The first-order valence-electron chi connectivity index (χ1n) is 10.8. The smallest absolute Gasteiger partial charge is 0.229 e. The fraction of sp³-hybridized carbons (Fsp3) is 0.435. The number of thioether (sulfide) groups is 1. The maximum absolute atomic E-state index is 13.0. The fourth-order valence-electron chi connectivity index (χ4n) is 4.84. The lowest BCUT2D eigenvalue weighted by atomic mass is 9.76. The first kappa shape index (κ1) is 19.4. The van der Waals surface area contributed by atoms with Crippen LogP contribution in [0.5, 0.6) is 0 Å². The van der Waals surface area contributed by atoms with Gasteiger partial charge in [-0.25, -0.2) is 0 Å². The van der Waals surface area contributed by atoms with Gasteiger partial charge in [-0.2, -0.15) is 9.97 Å². The van der Waals surface area contributed by atoms with Crippen LogP contribution in [-0.4, -0.2) is 35.1 Å². The van der Waals surface area contributed by atoms with Crippen molar-refractivity contribution in [3.8, 4) is 0 Å². The zero-order chi connectivity index (χ0) is 20.7. The van der Waals surface area contributed by atoms with Crippen LogP contribution < -0.4 is 16.0 Å². The lowest BCUT2D eigenvalue weighted by molar-refractivity contribution is -0.116. The minimum Gasteiger partial charge on any atom is -0.383 e. The standard InChI is InChI=1S/C23H27N5OS/c1-30-15-10-8-14(9-11-15)18-19-16(6-5-7-17(19)29)25-22-20(18)21(24)26-23(27-22)28-12-3-2-4-13-28/h8-11,18H,2-7,12-13H2,1H3,(H3,24,25,26,27). The Morgan fingerprint density at radius 1 is 1.07 bits per heavy atom. The summed E-state index contributed by atoms with van der Waals surface area (Å²) in [4.78, 5) is 26.0. The Labute approximate surface area is 181 Å². The molecule has 1 aromatic heterocycles. The number of carbonyl (C=O) groups is 1. The number of nitrogen functional groups attached to an aromatic ring is 1. The highest BCUT2D eigenvalue weighted by molar-refractivity contribution is 7.98. The van der Waals surface area contributed by atoms with Crippen LogP contribution in [0, 0.1) is 0 Å². The molecule has 0 radical (unpaired) electrons. The van der Waals surface area contributed by atoms with Crippen molar-refractivity contribution in [2.45, 2.75) is 49.3 Å². The average molecular weight is 422 g/mol. The Kier molecular flexibility index (Phi) is 5.15. The molecule has 7 heteroatoms. The van der Waals surface area contributed by atoms with E-state index in [1.54, 1.807) is 11.8 Å². The molecule has 3 aliphatic rings. The number of aromatic nitrogens is 2. The Morgan fingerprint density at radius 2 is 1.83 bits per heavy atom. The first-order chi connectivity index (χ1) is 14.7. The highest BCUT2D eigenvalue weighted by atomic mass is 32.2. The summed E-state index contributed by atoms with van der Waals surface area (Å²) in [6, 6.07) is 8.43. The topological polar surface area (TPSA) is 84.1 Å². The van der Waals surface area contributed by atoms with Gasteiger partial charge in [0, 0.05) is 47.2 Å². The van der Waals surface area contributed by atoms with Crippen molar-refractivity contribution < 1.29 is 4.79 Å². The third-order valence-corrected chi connectivity index (χ3v) is 7.10. The van der Waals surface area contributed by atoms with E-state index in [1.165, 1.54) is 11.3 Å². The Bertz CT molecular complexity index is 1010. The zero-order valence-corrected chi connectivity index (χ0v) is 18.1. The molecule has 1 unspecified atom stereocenters. The minimum absolute atomic E-state index is 0.202. The third-order valence-electron chi connectivity index (χ3n) is 6.35. The number of nitrogens with one attached hydrogen (secondary N) is 1. The maximum atomic E-state index is 13.0. The quantitative estimate of drug-likeness (QED) is 0.713. The van der Waals surface area contributed by atoms with Crippen LogP contribution in [0.2, 0.25) is 0 Å². The molecule has 0 amide bonds. The number of piperidine rings is 1. The van der Waals surface area contributed by atoms with Crippen molar-refractivity contribution >= 4 is 35.1 Å². The molecule has 2 aliphatic heterocycles. The molecule has 1 aromatic carbocycles. The van der Waals surface area contributed by atoms with Gasteiger partial charge in [-0.1, -0.05) is 12.1 Å². The summed E-state index contributed by atoms with van der Waals surface area (Å²) >= 11 is 1.71. The van der Waals surface area contributed by atoms with Crippen LogP contribution in [0.15, 0.2) is 40.4 Å². The van der Waals surface area contributed by atoms with Gasteiger partial charge in [0.15, 0.2) is 5.78 Å². The van der Waals surface area contributed by atoms with Crippen LogP contribution in [-0.2, 0) is 4.79 Å². The van der Waals surface area contributed by atoms with Crippen molar-refractivity contribution in [1.29, 1.82) is 0 Å². The van der Waals surface area contributed by atoms with E-state index in [-0.39, 0.29) is 11.7 Å². The van der Waals surface area contributed by atoms with Gasteiger partial charge >= 0.3 is 0 Å². The molecular formula is C23H27N5OS. The Balaban J connectivity index is 1.64. The summed E-state index contributed by atoms with van der Waals surface area (Å²) in [5.41, 5.74) is 10.3. The number of carbonyl (C=O) groups excluding carboxylic acids is 1. The van der Waals surface area contributed by atoms with Gasteiger partial charge in [0.2, 0.25) is 5.95 Å². The molecule has 3 heterocycles. The highest BCUT2D eigenvalue weighted by Crippen LogP contribution is 2.47. The van der Waals surface area contributed by atoms with Crippen molar-refractivity contribution in [3.63, 3.8) is 0 Å². The molecule has 0 spiro atoms. The van der Waals surface area contributed by atoms with Crippen LogP contribution in [0.1, 0.15) is 55.6 Å². The van der Waals surface area contributed by atoms with Gasteiger partial charge in [0.25, 0.3) is 0 Å². The van der Waals surface area contributed by atoms with Crippen molar-refractivity contribution in [1.82, 2.24) is 9.97 Å². The molecule has 6 nitrogen and oxygen atoms in total. The number of fused-ring (bicyclic) bond motifs is 1. The van der Waals surface area contributed by atoms with Crippen LogP contribution in [0.4, 0.5) is 17.6 Å². The van der Waals surface area contributed by atoms with Crippen molar-refractivity contribution in [2.75, 3.05) is 35.3 Å². The number of benzene rings is 1. The highest BCUT2D eigenvalue weighted by Gasteiger charge is 2.38. The zero-order valence-electron chi connectivity index (χ0n) is 17.3. The van der Waals surface area contributed by atoms with Crippen LogP contribution in [0.3, 0.4) is 0 Å². The number of nitrogens with two attached hydrogens (primary N) is 1. The minimum atomic E-state index is -0.213. The average Bonchev–Trinajstić information content (AvgIpc) is 2.78. The third kappa shape index (κ3) is 3.35. The second-order valence-corrected chi connectivity index (χ2v) is 9.10. The molecule has 0 bridgehead atoms. The monoisotopic (exact) mass is 421 g/mol. The number of hydrogen-bond donors (Lipinski definition) is 2. The van der Waals surface area contributed by atoms with Gasteiger partial charge < -0.3 is 16.0 Å². The second-order valence-electron chi connectivity index (χ2n) is 8.22. The van der Waals surface area contributed by atoms with E-state index in [1.807, 2.05) is 0 Å². The molecule has 156 valence electrons. The number of rotatable bonds is 3. The summed E-state index contributed by atoms with van der Waals surface area (Å²) in [6.45, 7) is 1.93. The summed E-state index contributed by atoms with van der Waals surface area (Å²) < 4.78 is 0. The number of hydrogen-bond acceptors (Lipinski definition) is 7.